The molecule has 0 N–H and O–H groups in total. The van der Waals surface area contributed by atoms with Gasteiger partial charge in [0, 0.05) is 6.42 Å². The minimum absolute atomic E-state index is 0.00383. The van der Waals surface area contributed by atoms with Crippen molar-refractivity contribution in [3.8, 4) is 0 Å². The first kappa shape index (κ1) is 38.7. The zero-order valence-electron chi connectivity index (χ0n) is 28.7. The number of rotatable bonds is 31. The molecule has 0 aliphatic carbocycles. The van der Waals surface area contributed by atoms with Crippen LogP contribution in [0.5, 0.6) is 0 Å². The molecule has 0 spiro atoms. The Kier molecular flexibility index (Phi) is 26.2. The van der Waals surface area contributed by atoms with Crippen LogP contribution in [0.2, 0.25) is 0 Å². The number of hydrogen-bond donors (Lipinski definition) is 0. The molecule has 0 heterocycles. The quantitative estimate of drug-likeness (QED) is 0.0491. The average molecular weight is 587 g/mol. The normalized spacial score (nSPS) is 11.7. The molecule has 0 saturated carbocycles. The van der Waals surface area contributed by atoms with Gasteiger partial charge in [-0.3, -0.25) is 4.79 Å². The summed E-state index contributed by atoms with van der Waals surface area (Å²) < 4.78 is 6.52. The highest BCUT2D eigenvalue weighted by molar-refractivity contribution is 5.69. The standard InChI is InChI=1S/C39H72NO2/c1-4-5-6-7-8-9-10-15-18-21-24-30-35-40(2,3)36-37-42-39(41)34-29-23-20-17-14-12-11-13-16-19-22-26-31-38-32-27-25-28-33-38/h25,27-28,32-33H,4-24,26,29-31,34-37H2,1-3H3/q+1. The second-order valence-electron chi connectivity index (χ2n) is 13.7. The number of benzene rings is 1. The number of aryl methyl sites for hydroxylation is 1. The van der Waals surface area contributed by atoms with Crippen LogP contribution in [-0.2, 0) is 16.0 Å². The van der Waals surface area contributed by atoms with Gasteiger partial charge in [0.15, 0.2) is 0 Å². The number of carbonyl (C=O) groups is 1. The van der Waals surface area contributed by atoms with Crippen LogP contribution >= 0.6 is 0 Å². The summed E-state index contributed by atoms with van der Waals surface area (Å²) in [4.78, 5) is 12.1. The van der Waals surface area contributed by atoms with Crippen LogP contribution in [0.15, 0.2) is 30.3 Å². The summed E-state index contributed by atoms with van der Waals surface area (Å²) in [6, 6.07) is 10.9. The third-order valence-electron chi connectivity index (χ3n) is 9.02. The molecule has 0 radical (unpaired) electrons. The third-order valence-corrected chi connectivity index (χ3v) is 9.02. The fourth-order valence-electron chi connectivity index (χ4n) is 5.98. The van der Waals surface area contributed by atoms with Crippen molar-refractivity contribution in [1.82, 2.24) is 0 Å². The predicted octanol–water partition coefficient (Wildman–Crippen LogP) is 11.6. The number of hydrogen-bond acceptors (Lipinski definition) is 2. The van der Waals surface area contributed by atoms with E-state index >= 15 is 0 Å². The monoisotopic (exact) mass is 587 g/mol. The largest absolute Gasteiger partial charge is 0.460 e. The molecule has 1 aromatic rings. The van der Waals surface area contributed by atoms with Crippen molar-refractivity contribution in [1.29, 1.82) is 0 Å². The Morgan fingerprint density at radius 3 is 1.48 bits per heavy atom. The van der Waals surface area contributed by atoms with Gasteiger partial charge in [0.05, 0.1) is 20.6 Å². The van der Waals surface area contributed by atoms with E-state index in [0.29, 0.717) is 13.0 Å². The SMILES string of the molecule is CCCCCCCCCCCCCC[N+](C)(C)CCOC(=O)CCCCCCCCCCCCCCc1ccccc1. The molecule has 0 amide bonds. The first-order valence-corrected chi connectivity index (χ1v) is 18.5. The van der Waals surface area contributed by atoms with Crippen LogP contribution in [0.1, 0.15) is 173 Å². The van der Waals surface area contributed by atoms with Gasteiger partial charge in [0.2, 0.25) is 0 Å². The smallest absolute Gasteiger partial charge is 0.305 e. The van der Waals surface area contributed by atoms with E-state index in [-0.39, 0.29) is 5.97 Å². The van der Waals surface area contributed by atoms with E-state index in [0.717, 1.165) is 23.9 Å². The highest BCUT2D eigenvalue weighted by atomic mass is 16.5. The summed E-state index contributed by atoms with van der Waals surface area (Å²) in [5.41, 5.74) is 1.48. The van der Waals surface area contributed by atoms with Crippen molar-refractivity contribution >= 4 is 5.97 Å². The predicted molar refractivity (Wildman–Crippen MR) is 184 cm³/mol. The third kappa shape index (κ3) is 26.3. The summed E-state index contributed by atoms with van der Waals surface area (Å²) in [6.07, 6.45) is 34.3. The maximum atomic E-state index is 12.1. The fraction of sp³-hybridized carbons (Fsp3) is 0.821. The molecular formula is C39H72NO2+. The number of esters is 1. The lowest BCUT2D eigenvalue weighted by molar-refractivity contribution is -0.890. The Morgan fingerprint density at radius 2 is 0.976 bits per heavy atom. The van der Waals surface area contributed by atoms with Crippen LogP contribution in [0.3, 0.4) is 0 Å². The van der Waals surface area contributed by atoms with E-state index in [2.05, 4.69) is 51.4 Å². The van der Waals surface area contributed by atoms with Crippen LogP contribution in [-0.4, -0.2) is 44.2 Å². The van der Waals surface area contributed by atoms with Crippen molar-refractivity contribution in [3.05, 3.63) is 35.9 Å². The molecule has 0 aliphatic heterocycles. The Bertz CT molecular complexity index is 702. The molecule has 244 valence electrons. The average Bonchev–Trinajstić information content (AvgIpc) is 2.98. The van der Waals surface area contributed by atoms with E-state index < -0.39 is 0 Å². The van der Waals surface area contributed by atoms with Gasteiger partial charge in [-0.15, -0.1) is 0 Å². The van der Waals surface area contributed by atoms with E-state index in [1.807, 2.05) is 0 Å². The zero-order chi connectivity index (χ0) is 30.4. The molecule has 0 atom stereocenters. The van der Waals surface area contributed by atoms with Crippen molar-refractivity contribution in [2.75, 3.05) is 33.8 Å². The van der Waals surface area contributed by atoms with Crippen LogP contribution in [0.25, 0.3) is 0 Å². The Balaban J connectivity index is 1.80. The number of ether oxygens (including phenoxy) is 1. The van der Waals surface area contributed by atoms with Gasteiger partial charge in [-0.25, -0.2) is 0 Å². The maximum absolute atomic E-state index is 12.1. The summed E-state index contributed by atoms with van der Waals surface area (Å²) in [5.74, 6) is 0.00383. The van der Waals surface area contributed by atoms with Crippen LogP contribution in [0, 0.1) is 0 Å². The lowest BCUT2D eigenvalue weighted by atomic mass is 10.0. The highest BCUT2D eigenvalue weighted by Crippen LogP contribution is 2.15. The molecule has 0 aromatic heterocycles. The summed E-state index contributed by atoms with van der Waals surface area (Å²) in [7, 11) is 4.55. The molecule has 1 aromatic carbocycles. The number of quaternary nitrogens is 1. The molecule has 3 heteroatoms. The van der Waals surface area contributed by atoms with Crippen molar-refractivity contribution in [3.63, 3.8) is 0 Å². The van der Waals surface area contributed by atoms with Gasteiger partial charge in [0.25, 0.3) is 0 Å². The summed E-state index contributed by atoms with van der Waals surface area (Å²) in [5, 5.41) is 0. The Hall–Kier alpha value is -1.35. The number of likely N-dealkylation sites (N-methyl/N-ethyl adjacent to an activating group) is 1. The molecule has 3 nitrogen and oxygen atoms in total. The van der Waals surface area contributed by atoms with Gasteiger partial charge >= 0.3 is 5.97 Å². The fourth-order valence-corrected chi connectivity index (χ4v) is 5.98. The van der Waals surface area contributed by atoms with Gasteiger partial charge in [-0.2, -0.15) is 0 Å². The van der Waals surface area contributed by atoms with Crippen LogP contribution in [0.4, 0.5) is 0 Å². The van der Waals surface area contributed by atoms with Crippen molar-refractivity contribution in [2.24, 2.45) is 0 Å². The van der Waals surface area contributed by atoms with Crippen molar-refractivity contribution < 1.29 is 14.0 Å². The lowest BCUT2D eigenvalue weighted by Crippen LogP contribution is -2.43. The van der Waals surface area contributed by atoms with Crippen LogP contribution < -0.4 is 0 Å². The van der Waals surface area contributed by atoms with Gasteiger partial charge in [-0.05, 0) is 37.7 Å². The first-order valence-electron chi connectivity index (χ1n) is 18.5. The first-order chi connectivity index (χ1) is 20.5. The van der Waals surface area contributed by atoms with Gasteiger partial charge < -0.3 is 9.22 Å². The molecule has 0 fully saturated rings. The molecule has 1 rings (SSSR count). The second-order valence-corrected chi connectivity index (χ2v) is 13.7. The molecule has 0 saturated heterocycles. The minimum Gasteiger partial charge on any atom is -0.460 e. The van der Waals surface area contributed by atoms with E-state index in [1.54, 1.807) is 0 Å². The molecular weight excluding hydrogens is 514 g/mol. The minimum atomic E-state index is 0.00383. The Morgan fingerprint density at radius 1 is 0.548 bits per heavy atom. The summed E-state index contributed by atoms with van der Waals surface area (Å²) >= 11 is 0. The van der Waals surface area contributed by atoms with Gasteiger partial charge in [0.1, 0.15) is 13.2 Å². The topological polar surface area (TPSA) is 26.3 Å². The Labute approximate surface area is 263 Å². The molecule has 0 bridgehead atoms. The van der Waals surface area contributed by atoms with E-state index in [9.17, 15) is 4.79 Å². The molecule has 42 heavy (non-hydrogen) atoms. The number of carbonyl (C=O) groups excluding carboxylic acids is 1. The lowest BCUT2D eigenvalue weighted by Gasteiger charge is -2.29. The van der Waals surface area contributed by atoms with E-state index in [1.165, 1.54) is 160 Å². The molecule has 0 aliphatic rings. The highest BCUT2D eigenvalue weighted by Gasteiger charge is 2.15. The zero-order valence-corrected chi connectivity index (χ0v) is 28.7. The van der Waals surface area contributed by atoms with Crippen molar-refractivity contribution in [2.45, 2.75) is 174 Å². The maximum Gasteiger partial charge on any atom is 0.305 e. The molecule has 0 unspecified atom stereocenters. The second kappa shape index (κ2) is 28.4. The summed E-state index contributed by atoms with van der Waals surface area (Å²) in [6.45, 7) is 4.97. The number of unbranched alkanes of at least 4 members (excludes halogenated alkanes) is 22. The van der Waals surface area contributed by atoms with E-state index in [4.69, 9.17) is 4.74 Å². The number of nitrogens with zero attached hydrogens (tertiary/aromatic N) is 1. The van der Waals surface area contributed by atoms with Gasteiger partial charge in [-0.1, -0.05) is 166 Å².